The minimum absolute atomic E-state index is 0.458. The molecular weight excluding hydrogens is 202 g/mol. The van der Waals surface area contributed by atoms with Crippen molar-refractivity contribution < 1.29 is 9.90 Å². The Balaban J connectivity index is 2.41. The number of piperidine rings is 1. The molecule has 0 radical (unpaired) electrons. The van der Waals surface area contributed by atoms with Gasteiger partial charge in [0.25, 0.3) is 0 Å². The third-order valence-electron chi connectivity index (χ3n) is 2.94. The van der Waals surface area contributed by atoms with Gasteiger partial charge >= 0.3 is 5.97 Å². The van der Waals surface area contributed by atoms with Crippen molar-refractivity contribution in [3.63, 3.8) is 0 Å². The SMILES string of the molecule is CC1CCN(CC(Cl)C(=O)O)C(C)C1. The van der Waals surface area contributed by atoms with Gasteiger partial charge in [-0.15, -0.1) is 11.6 Å². The van der Waals surface area contributed by atoms with E-state index in [9.17, 15) is 4.79 Å². The Bertz CT molecular complexity index is 210. The van der Waals surface area contributed by atoms with Crippen LogP contribution in [0.2, 0.25) is 0 Å². The molecule has 0 aliphatic carbocycles. The molecule has 1 heterocycles. The number of nitrogens with zero attached hydrogens (tertiary/aromatic N) is 1. The lowest BCUT2D eigenvalue weighted by molar-refractivity contribution is -0.137. The molecule has 1 saturated heterocycles. The Labute approximate surface area is 90.0 Å². The number of carboxylic acids is 1. The second-order valence-electron chi connectivity index (χ2n) is 4.28. The van der Waals surface area contributed by atoms with Crippen molar-refractivity contribution in [2.24, 2.45) is 5.92 Å². The van der Waals surface area contributed by atoms with Gasteiger partial charge in [0, 0.05) is 12.6 Å². The first-order chi connectivity index (χ1) is 6.50. The highest BCUT2D eigenvalue weighted by molar-refractivity contribution is 6.29. The molecule has 0 spiro atoms. The fourth-order valence-electron chi connectivity index (χ4n) is 2.01. The zero-order chi connectivity index (χ0) is 10.7. The van der Waals surface area contributed by atoms with Gasteiger partial charge in [-0.3, -0.25) is 9.69 Å². The lowest BCUT2D eigenvalue weighted by Gasteiger charge is -2.36. The van der Waals surface area contributed by atoms with E-state index in [1.807, 2.05) is 0 Å². The topological polar surface area (TPSA) is 40.5 Å². The fourth-order valence-corrected chi connectivity index (χ4v) is 2.19. The van der Waals surface area contributed by atoms with Gasteiger partial charge in [0.15, 0.2) is 0 Å². The van der Waals surface area contributed by atoms with E-state index >= 15 is 0 Å². The fraction of sp³-hybridized carbons (Fsp3) is 0.900. The van der Waals surface area contributed by atoms with Crippen molar-refractivity contribution in [3.05, 3.63) is 0 Å². The van der Waals surface area contributed by atoms with Gasteiger partial charge in [-0.25, -0.2) is 0 Å². The van der Waals surface area contributed by atoms with Crippen LogP contribution in [0.15, 0.2) is 0 Å². The highest BCUT2D eigenvalue weighted by atomic mass is 35.5. The molecule has 3 nitrogen and oxygen atoms in total. The summed E-state index contributed by atoms with van der Waals surface area (Å²) in [6.45, 7) is 5.81. The summed E-state index contributed by atoms with van der Waals surface area (Å²) in [5.41, 5.74) is 0. The summed E-state index contributed by atoms with van der Waals surface area (Å²) in [6.07, 6.45) is 2.29. The van der Waals surface area contributed by atoms with Gasteiger partial charge in [-0.2, -0.15) is 0 Å². The molecule has 0 amide bonds. The van der Waals surface area contributed by atoms with Crippen molar-refractivity contribution in [2.45, 2.75) is 38.1 Å². The van der Waals surface area contributed by atoms with E-state index < -0.39 is 11.3 Å². The molecule has 1 aliphatic rings. The van der Waals surface area contributed by atoms with Crippen LogP contribution in [0.25, 0.3) is 0 Å². The number of halogens is 1. The monoisotopic (exact) mass is 219 g/mol. The van der Waals surface area contributed by atoms with Crippen molar-refractivity contribution >= 4 is 17.6 Å². The molecule has 4 heteroatoms. The number of carboxylic acid groups (broad SMARTS) is 1. The van der Waals surface area contributed by atoms with Gasteiger partial charge in [0.1, 0.15) is 5.38 Å². The average molecular weight is 220 g/mol. The number of hydrogen-bond acceptors (Lipinski definition) is 2. The van der Waals surface area contributed by atoms with Gasteiger partial charge < -0.3 is 5.11 Å². The maximum atomic E-state index is 10.6. The van der Waals surface area contributed by atoms with Crippen LogP contribution in [-0.4, -0.2) is 40.5 Å². The molecule has 3 unspecified atom stereocenters. The Morgan fingerprint density at radius 3 is 2.79 bits per heavy atom. The van der Waals surface area contributed by atoms with Crippen LogP contribution in [0.5, 0.6) is 0 Å². The number of alkyl halides is 1. The average Bonchev–Trinajstić information content (AvgIpc) is 2.09. The maximum Gasteiger partial charge on any atom is 0.322 e. The van der Waals surface area contributed by atoms with Crippen LogP contribution in [0.1, 0.15) is 26.7 Å². The lowest BCUT2D eigenvalue weighted by atomic mass is 9.93. The van der Waals surface area contributed by atoms with E-state index in [0.29, 0.717) is 12.6 Å². The Morgan fingerprint density at radius 2 is 2.29 bits per heavy atom. The van der Waals surface area contributed by atoms with E-state index in [1.54, 1.807) is 0 Å². The standard InChI is InChI=1S/C10H18ClNO2/c1-7-3-4-12(8(2)5-7)6-9(11)10(13)14/h7-9H,3-6H2,1-2H3,(H,13,14). The highest BCUT2D eigenvalue weighted by Crippen LogP contribution is 2.22. The van der Waals surface area contributed by atoms with Crippen molar-refractivity contribution in [2.75, 3.05) is 13.1 Å². The van der Waals surface area contributed by atoms with Crippen LogP contribution < -0.4 is 0 Å². The molecule has 14 heavy (non-hydrogen) atoms. The second kappa shape index (κ2) is 4.99. The van der Waals surface area contributed by atoms with Gasteiger partial charge in [-0.1, -0.05) is 6.92 Å². The summed E-state index contributed by atoms with van der Waals surface area (Å²) in [5, 5.41) is 7.92. The maximum absolute atomic E-state index is 10.6. The van der Waals surface area contributed by atoms with E-state index in [2.05, 4.69) is 18.7 Å². The second-order valence-corrected chi connectivity index (χ2v) is 4.81. The molecule has 0 aromatic rings. The zero-order valence-corrected chi connectivity index (χ0v) is 9.50. The first kappa shape index (κ1) is 11.8. The molecule has 0 aromatic carbocycles. The van der Waals surface area contributed by atoms with Crippen molar-refractivity contribution in [1.82, 2.24) is 4.90 Å². The van der Waals surface area contributed by atoms with Crippen LogP contribution in [0.3, 0.4) is 0 Å². The van der Waals surface area contributed by atoms with Crippen molar-refractivity contribution in [1.29, 1.82) is 0 Å². The summed E-state index contributed by atoms with van der Waals surface area (Å²) in [4.78, 5) is 12.8. The highest BCUT2D eigenvalue weighted by Gasteiger charge is 2.26. The lowest BCUT2D eigenvalue weighted by Crippen LogP contribution is -2.44. The van der Waals surface area contributed by atoms with Crippen LogP contribution in [0.4, 0.5) is 0 Å². The summed E-state index contributed by atoms with van der Waals surface area (Å²) in [6, 6.07) is 0.458. The van der Waals surface area contributed by atoms with Crippen LogP contribution >= 0.6 is 11.6 Å². The van der Waals surface area contributed by atoms with E-state index in [4.69, 9.17) is 16.7 Å². The molecule has 1 N–H and O–H groups in total. The smallest absolute Gasteiger partial charge is 0.322 e. The van der Waals surface area contributed by atoms with Crippen molar-refractivity contribution in [3.8, 4) is 0 Å². The minimum atomic E-state index is -0.919. The number of hydrogen-bond donors (Lipinski definition) is 1. The third-order valence-corrected chi connectivity index (χ3v) is 3.26. The Morgan fingerprint density at radius 1 is 1.64 bits per heavy atom. The predicted octanol–water partition coefficient (Wildman–Crippen LogP) is 1.80. The summed E-state index contributed by atoms with van der Waals surface area (Å²) < 4.78 is 0. The van der Waals surface area contributed by atoms with Crippen LogP contribution in [0, 0.1) is 5.92 Å². The number of aliphatic carboxylic acids is 1. The normalized spacial score (nSPS) is 31.4. The zero-order valence-electron chi connectivity index (χ0n) is 8.74. The largest absolute Gasteiger partial charge is 0.480 e. The van der Waals surface area contributed by atoms with E-state index in [-0.39, 0.29) is 0 Å². The molecule has 1 aliphatic heterocycles. The number of likely N-dealkylation sites (tertiary alicyclic amines) is 1. The molecule has 0 aromatic heterocycles. The first-order valence-electron chi connectivity index (χ1n) is 5.11. The minimum Gasteiger partial charge on any atom is -0.480 e. The molecule has 82 valence electrons. The molecule has 1 rings (SSSR count). The van der Waals surface area contributed by atoms with Gasteiger partial charge in [-0.05, 0) is 32.2 Å². The summed E-state index contributed by atoms with van der Waals surface area (Å²) >= 11 is 5.71. The van der Waals surface area contributed by atoms with Gasteiger partial charge in [0.2, 0.25) is 0 Å². The Hall–Kier alpha value is -0.280. The number of carbonyl (C=O) groups is 1. The first-order valence-corrected chi connectivity index (χ1v) is 5.55. The van der Waals surface area contributed by atoms with E-state index in [1.165, 1.54) is 0 Å². The molecule has 3 atom stereocenters. The van der Waals surface area contributed by atoms with Gasteiger partial charge in [0.05, 0.1) is 0 Å². The summed E-state index contributed by atoms with van der Waals surface area (Å²) in [7, 11) is 0. The quantitative estimate of drug-likeness (QED) is 0.736. The third kappa shape index (κ3) is 3.14. The van der Waals surface area contributed by atoms with E-state index in [0.717, 1.165) is 25.3 Å². The molecule has 1 fully saturated rings. The summed E-state index contributed by atoms with van der Waals surface area (Å²) in [5.74, 6) is -0.169. The molecule has 0 bridgehead atoms. The van der Waals surface area contributed by atoms with Crippen LogP contribution in [-0.2, 0) is 4.79 Å². The molecular formula is C10H18ClNO2. The molecule has 0 saturated carbocycles. The number of rotatable bonds is 3. The Kier molecular flexibility index (Phi) is 4.20. The predicted molar refractivity (Wildman–Crippen MR) is 56.7 cm³/mol.